The Morgan fingerprint density at radius 1 is 1.21 bits per heavy atom. The first-order valence-corrected chi connectivity index (χ1v) is 10.9. The van der Waals surface area contributed by atoms with Crippen molar-refractivity contribution in [2.45, 2.75) is 58.8 Å². The van der Waals surface area contributed by atoms with Crippen LogP contribution in [0.3, 0.4) is 0 Å². The number of rotatable bonds is 5. The molecule has 2 atom stereocenters. The van der Waals surface area contributed by atoms with Crippen molar-refractivity contribution in [3.63, 3.8) is 0 Å². The van der Waals surface area contributed by atoms with Gasteiger partial charge in [0.05, 0.1) is 0 Å². The standard InChI is InChI=1S/C19H38N4S/c1-6-20-19(23-10-11-24-18(14-23)15(2)3)21-12-17-8-7-9-22(13-17)16(4)5/h15-18H,6-14H2,1-5H3,(H,20,21). The largest absolute Gasteiger partial charge is 0.357 e. The van der Waals surface area contributed by atoms with Crippen molar-refractivity contribution in [1.29, 1.82) is 0 Å². The summed E-state index contributed by atoms with van der Waals surface area (Å²) in [5, 5.41) is 4.27. The lowest BCUT2D eigenvalue weighted by Gasteiger charge is -2.37. The maximum atomic E-state index is 5.04. The maximum absolute atomic E-state index is 5.04. The number of likely N-dealkylation sites (tertiary alicyclic amines) is 1. The quantitative estimate of drug-likeness (QED) is 0.607. The number of nitrogens with zero attached hydrogens (tertiary/aromatic N) is 3. The van der Waals surface area contributed by atoms with E-state index in [1.807, 2.05) is 0 Å². The molecule has 0 aromatic heterocycles. The fourth-order valence-electron chi connectivity index (χ4n) is 3.63. The number of thioether (sulfide) groups is 1. The fraction of sp³-hybridized carbons (Fsp3) is 0.947. The van der Waals surface area contributed by atoms with Crippen molar-refractivity contribution in [2.24, 2.45) is 16.8 Å². The molecule has 0 aliphatic carbocycles. The van der Waals surface area contributed by atoms with Crippen LogP contribution in [-0.2, 0) is 0 Å². The zero-order valence-electron chi connectivity index (χ0n) is 16.4. The first kappa shape index (κ1) is 19.9. The van der Waals surface area contributed by atoms with Crippen LogP contribution in [0.1, 0.15) is 47.5 Å². The Morgan fingerprint density at radius 2 is 2.00 bits per heavy atom. The SMILES string of the molecule is CCNC(=NCC1CCCN(C(C)C)C1)N1CCSC(C(C)C)C1. The molecule has 4 nitrogen and oxygen atoms in total. The number of nitrogens with one attached hydrogen (secondary N) is 1. The summed E-state index contributed by atoms with van der Waals surface area (Å²) in [5.41, 5.74) is 0. The Bertz CT molecular complexity index is 397. The predicted molar refractivity (Wildman–Crippen MR) is 108 cm³/mol. The highest BCUT2D eigenvalue weighted by Gasteiger charge is 2.26. The Morgan fingerprint density at radius 3 is 2.67 bits per heavy atom. The van der Waals surface area contributed by atoms with Crippen molar-refractivity contribution < 1.29 is 0 Å². The van der Waals surface area contributed by atoms with Crippen LogP contribution in [0, 0.1) is 11.8 Å². The number of guanidine groups is 1. The summed E-state index contributed by atoms with van der Waals surface area (Å²) in [7, 11) is 0. The molecule has 24 heavy (non-hydrogen) atoms. The number of piperidine rings is 1. The molecule has 0 radical (unpaired) electrons. The van der Waals surface area contributed by atoms with Crippen molar-refractivity contribution >= 4 is 17.7 Å². The van der Waals surface area contributed by atoms with Crippen LogP contribution in [0.2, 0.25) is 0 Å². The van der Waals surface area contributed by atoms with Crippen LogP contribution < -0.4 is 5.32 Å². The second kappa shape index (κ2) is 9.91. The molecule has 0 bridgehead atoms. The van der Waals surface area contributed by atoms with Crippen LogP contribution in [0.25, 0.3) is 0 Å². The van der Waals surface area contributed by atoms with Gasteiger partial charge in [-0.05, 0) is 52.0 Å². The minimum atomic E-state index is 0.663. The fourth-order valence-corrected chi connectivity index (χ4v) is 4.93. The molecular formula is C19H38N4S. The summed E-state index contributed by atoms with van der Waals surface area (Å²) in [5.74, 6) is 3.82. The van der Waals surface area contributed by atoms with Gasteiger partial charge in [-0.3, -0.25) is 4.99 Å². The van der Waals surface area contributed by atoms with Gasteiger partial charge in [0.1, 0.15) is 0 Å². The molecule has 1 N–H and O–H groups in total. The second-order valence-electron chi connectivity index (χ2n) is 7.89. The van der Waals surface area contributed by atoms with Crippen LogP contribution in [0.4, 0.5) is 0 Å². The Kier molecular flexibility index (Phi) is 8.21. The van der Waals surface area contributed by atoms with Crippen LogP contribution in [-0.4, -0.2) is 72.1 Å². The van der Waals surface area contributed by atoms with Gasteiger partial charge >= 0.3 is 0 Å². The molecule has 2 aliphatic heterocycles. The summed E-state index contributed by atoms with van der Waals surface area (Å²) >= 11 is 2.13. The molecule has 2 fully saturated rings. The number of hydrogen-bond acceptors (Lipinski definition) is 3. The second-order valence-corrected chi connectivity index (χ2v) is 9.24. The van der Waals surface area contributed by atoms with E-state index in [1.165, 1.54) is 31.7 Å². The Hall–Kier alpha value is -0.420. The highest BCUT2D eigenvalue weighted by atomic mass is 32.2. The molecular weight excluding hydrogens is 316 g/mol. The summed E-state index contributed by atoms with van der Waals surface area (Å²) in [6, 6.07) is 0.663. The molecule has 0 amide bonds. The van der Waals surface area contributed by atoms with Gasteiger partial charge in [-0.25, -0.2) is 0 Å². The molecule has 2 rings (SSSR count). The average molecular weight is 355 g/mol. The first-order chi connectivity index (χ1) is 11.5. The van der Waals surface area contributed by atoms with Gasteiger partial charge in [-0.2, -0.15) is 11.8 Å². The lowest BCUT2D eigenvalue weighted by atomic mass is 9.97. The Balaban J connectivity index is 1.94. The monoisotopic (exact) mass is 354 g/mol. The highest BCUT2D eigenvalue weighted by Crippen LogP contribution is 2.25. The zero-order valence-corrected chi connectivity index (χ0v) is 17.2. The lowest BCUT2D eigenvalue weighted by molar-refractivity contribution is 0.143. The van der Waals surface area contributed by atoms with Crippen molar-refractivity contribution in [3.8, 4) is 0 Å². The van der Waals surface area contributed by atoms with E-state index in [1.54, 1.807) is 0 Å². The van der Waals surface area contributed by atoms with E-state index in [2.05, 4.69) is 61.5 Å². The van der Waals surface area contributed by atoms with Gasteiger partial charge < -0.3 is 15.1 Å². The zero-order chi connectivity index (χ0) is 17.5. The molecule has 2 aliphatic rings. The van der Waals surface area contributed by atoms with Crippen molar-refractivity contribution in [3.05, 3.63) is 0 Å². The van der Waals surface area contributed by atoms with Crippen LogP contribution in [0.15, 0.2) is 4.99 Å². The summed E-state index contributed by atoms with van der Waals surface area (Å²) in [6.45, 7) is 18.2. The van der Waals surface area contributed by atoms with E-state index >= 15 is 0 Å². The van der Waals surface area contributed by atoms with Crippen molar-refractivity contribution in [1.82, 2.24) is 15.1 Å². The highest BCUT2D eigenvalue weighted by molar-refractivity contribution is 8.00. The average Bonchev–Trinajstić information content (AvgIpc) is 2.59. The first-order valence-electron chi connectivity index (χ1n) is 9.90. The van der Waals surface area contributed by atoms with Crippen LogP contribution in [0.5, 0.6) is 0 Å². The minimum absolute atomic E-state index is 0.663. The van der Waals surface area contributed by atoms with Gasteiger partial charge in [0.2, 0.25) is 0 Å². The normalized spacial score (nSPS) is 27.1. The third-order valence-electron chi connectivity index (χ3n) is 5.25. The van der Waals surface area contributed by atoms with E-state index < -0.39 is 0 Å². The van der Waals surface area contributed by atoms with Gasteiger partial charge in [0.15, 0.2) is 5.96 Å². The van der Waals surface area contributed by atoms with E-state index in [4.69, 9.17) is 4.99 Å². The third kappa shape index (κ3) is 5.83. The molecule has 140 valence electrons. The topological polar surface area (TPSA) is 30.9 Å². The van der Waals surface area contributed by atoms with E-state index in [0.29, 0.717) is 6.04 Å². The molecule has 0 spiro atoms. The molecule has 0 aromatic rings. The Labute approximate surface area is 153 Å². The minimum Gasteiger partial charge on any atom is -0.357 e. The lowest BCUT2D eigenvalue weighted by Crippen LogP contribution is -2.49. The molecule has 5 heteroatoms. The van der Waals surface area contributed by atoms with E-state index in [9.17, 15) is 0 Å². The summed E-state index contributed by atoms with van der Waals surface area (Å²) in [6.07, 6.45) is 2.65. The number of aliphatic imine (C=N–C) groups is 1. The number of hydrogen-bond donors (Lipinski definition) is 1. The van der Waals surface area contributed by atoms with E-state index in [-0.39, 0.29) is 0 Å². The molecule has 0 aromatic carbocycles. The summed E-state index contributed by atoms with van der Waals surface area (Å²) < 4.78 is 0. The smallest absolute Gasteiger partial charge is 0.193 e. The molecule has 0 saturated carbocycles. The van der Waals surface area contributed by atoms with Gasteiger partial charge in [-0.15, -0.1) is 0 Å². The summed E-state index contributed by atoms with van der Waals surface area (Å²) in [4.78, 5) is 10.2. The molecule has 2 saturated heterocycles. The predicted octanol–water partition coefficient (Wildman–Crippen LogP) is 3.15. The van der Waals surface area contributed by atoms with Gasteiger partial charge in [0.25, 0.3) is 0 Å². The molecule has 2 unspecified atom stereocenters. The maximum Gasteiger partial charge on any atom is 0.193 e. The van der Waals surface area contributed by atoms with Gasteiger partial charge in [-0.1, -0.05) is 13.8 Å². The van der Waals surface area contributed by atoms with E-state index in [0.717, 1.165) is 49.2 Å². The third-order valence-corrected chi connectivity index (χ3v) is 6.79. The molecule has 2 heterocycles. The van der Waals surface area contributed by atoms with Crippen LogP contribution >= 0.6 is 11.8 Å². The van der Waals surface area contributed by atoms with Crippen molar-refractivity contribution in [2.75, 3.05) is 45.0 Å². The van der Waals surface area contributed by atoms with Gasteiger partial charge in [0, 0.05) is 49.8 Å².